The molecule has 0 radical (unpaired) electrons. The lowest BCUT2D eigenvalue weighted by atomic mass is 10.2. The summed E-state index contributed by atoms with van der Waals surface area (Å²) < 4.78 is 1.05. The van der Waals surface area contributed by atoms with Gasteiger partial charge >= 0.3 is 6.03 Å². The van der Waals surface area contributed by atoms with Gasteiger partial charge in [-0.3, -0.25) is 4.79 Å². The molecule has 1 aliphatic rings. The number of anilines is 3. The van der Waals surface area contributed by atoms with E-state index in [4.69, 9.17) is 0 Å². The van der Waals surface area contributed by atoms with Crippen LogP contribution in [0.3, 0.4) is 0 Å². The van der Waals surface area contributed by atoms with E-state index in [2.05, 4.69) is 50.1 Å². The van der Waals surface area contributed by atoms with Gasteiger partial charge in [-0.2, -0.15) is 0 Å². The zero-order valence-electron chi connectivity index (χ0n) is 19.9. The first-order valence-corrected chi connectivity index (χ1v) is 12.2. The van der Waals surface area contributed by atoms with Crippen molar-refractivity contribution in [2.45, 2.75) is 26.3 Å². The van der Waals surface area contributed by atoms with Gasteiger partial charge in [0, 0.05) is 75.3 Å². The number of nitrogens with one attached hydrogen (secondary N) is 1. The number of benzene rings is 2. The standard InChI is InChI=1S/C25H34BrN5O2/c1-5-30(22-10-6-20(26)7-11-22)17-16-28(3)25(33)27-21-8-12-23(13-9-21)31-15-14-24(18-31)29(4)19(2)32/h6-13,24H,5,14-18H2,1-4H3,(H,27,33). The monoisotopic (exact) mass is 515 g/mol. The van der Waals surface area contributed by atoms with Gasteiger partial charge in [0.05, 0.1) is 6.04 Å². The van der Waals surface area contributed by atoms with Crippen LogP contribution in [0.4, 0.5) is 21.9 Å². The summed E-state index contributed by atoms with van der Waals surface area (Å²) in [6, 6.07) is 16.3. The predicted octanol–water partition coefficient (Wildman–Crippen LogP) is 4.50. The van der Waals surface area contributed by atoms with Crippen LogP contribution in [0.5, 0.6) is 0 Å². The first kappa shape index (κ1) is 24.9. The Morgan fingerprint density at radius 3 is 2.33 bits per heavy atom. The summed E-state index contributed by atoms with van der Waals surface area (Å²) in [5.41, 5.74) is 3.02. The predicted molar refractivity (Wildman–Crippen MR) is 139 cm³/mol. The number of urea groups is 1. The van der Waals surface area contributed by atoms with E-state index in [9.17, 15) is 9.59 Å². The lowest BCUT2D eigenvalue weighted by Crippen LogP contribution is -2.38. The number of hydrogen-bond acceptors (Lipinski definition) is 4. The van der Waals surface area contributed by atoms with E-state index in [1.54, 1.807) is 11.8 Å². The SMILES string of the molecule is CCN(CCN(C)C(=O)Nc1ccc(N2CCC(N(C)C(C)=O)C2)cc1)c1ccc(Br)cc1. The molecule has 8 heteroatoms. The third-order valence-corrected chi connectivity index (χ3v) is 6.85. The molecule has 2 aromatic rings. The summed E-state index contributed by atoms with van der Waals surface area (Å²) in [7, 11) is 3.68. The van der Waals surface area contributed by atoms with Gasteiger partial charge in [0.2, 0.25) is 5.91 Å². The van der Waals surface area contributed by atoms with Crippen molar-refractivity contribution in [2.24, 2.45) is 0 Å². The highest BCUT2D eigenvalue weighted by molar-refractivity contribution is 9.10. The first-order valence-electron chi connectivity index (χ1n) is 11.4. The third kappa shape index (κ3) is 6.63. The molecule has 3 amide bonds. The molecular weight excluding hydrogens is 482 g/mol. The van der Waals surface area contributed by atoms with Gasteiger partial charge in [-0.15, -0.1) is 0 Å². The van der Waals surface area contributed by atoms with Crippen LogP contribution in [0.2, 0.25) is 0 Å². The maximum atomic E-state index is 12.7. The van der Waals surface area contributed by atoms with Crippen molar-refractivity contribution in [1.82, 2.24) is 9.80 Å². The average molecular weight is 516 g/mol. The molecule has 0 spiro atoms. The molecule has 2 aromatic carbocycles. The van der Waals surface area contributed by atoms with Crippen LogP contribution < -0.4 is 15.1 Å². The molecule has 1 N–H and O–H groups in total. The van der Waals surface area contributed by atoms with Crippen LogP contribution in [0.25, 0.3) is 0 Å². The van der Waals surface area contributed by atoms with Crippen molar-refractivity contribution in [3.8, 4) is 0 Å². The number of hydrogen-bond donors (Lipinski definition) is 1. The Hall–Kier alpha value is -2.74. The van der Waals surface area contributed by atoms with Gasteiger partial charge in [-0.1, -0.05) is 15.9 Å². The van der Waals surface area contributed by atoms with E-state index in [1.165, 1.54) is 0 Å². The van der Waals surface area contributed by atoms with Crippen LogP contribution in [0, 0.1) is 0 Å². The van der Waals surface area contributed by atoms with E-state index in [-0.39, 0.29) is 18.0 Å². The molecule has 0 saturated carbocycles. The molecule has 3 rings (SSSR count). The molecule has 1 heterocycles. The van der Waals surface area contributed by atoms with Gasteiger partial charge in [-0.05, 0) is 61.9 Å². The van der Waals surface area contributed by atoms with E-state index in [1.807, 2.05) is 55.4 Å². The Balaban J connectivity index is 1.49. The quantitative estimate of drug-likeness (QED) is 0.562. The van der Waals surface area contributed by atoms with Crippen molar-refractivity contribution >= 4 is 44.9 Å². The first-order chi connectivity index (χ1) is 15.8. The highest BCUT2D eigenvalue weighted by atomic mass is 79.9. The molecule has 178 valence electrons. The third-order valence-electron chi connectivity index (χ3n) is 6.32. The van der Waals surface area contributed by atoms with Crippen LogP contribution in [0.15, 0.2) is 53.0 Å². The summed E-state index contributed by atoms with van der Waals surface area (Å²) in [4.78, 5) is 32.3. The van der Waals surface area contributed by atoms with Crippen molar-refractivity contribution in [2.75, 3.05) is 61.9 Å². The summed E-state index contributed by atoms with van der Waals surface area (Å²) in [5.74, 6) is 0.0999. The summed E-state index contributed by atoms with van der Waals surface area (Å²) in [6.07, 6.45) is 0.967. The van der Waals surface area contributed by atoms with Crippen LogP contribution in [-0.2, 0) is 4.79 Å². The normalized spacial score (nSPS) is 15.3. The van der Waals surface area contributed by atoms with Crippen molar-refractivity contribution in [1.29, 1.82) is 0 Å². The topological polar surface area (TPSA) is 59.1 Å². The summed E-state index contributed by atoms with van der Waals surface area (Å²) >= 11 is 3.47. The van der Waals surface area contributed by atoms with E-state index in [0.717, 1.165) is 54.1 Å². The Morgan fingerprint density at radius 1 is 1.06 bits per heavy atom. The van der Waals surface area contributed by atoms with E-state index >= 15 is 0 Å². The van der Waals surface area contributed by atoms with Crippen molar-refractivity contribution in [3.05, 3.63) is 53.0 Å². The number of nitrogens with zero attached hydrogens (tertiary/aromatic N) is 4. The maximum Gasteiger partial charge on any atom is 0.321 e. The Kier molecular flexibility index (Phi) is 8.61. The summed E-state index contributed by atoms with van der Waals surface area (Å²) in [5, 5.41) is 2.98. The van der Waals surface area contributed by atoms with Crippen LogP contribution in [0.1, 0.15) is 20.3 Å². The molecule has 0 aliphatic carbocycles. The molecule has 1 unspecified atom stereocenters. The summed E-state index contributed by atoms with van der Waals surface area (Å²) in [6.45, 7) is 7.72. The number of rotatable bonds is 8. The lowest BCUT2D eigenvalue weighted by molar-refractivity contribution is -0.129. The molecule has 1 fully saturated rings. The average Bonchev–Trinajstić information content (AvgIpc) is 3.30. The molecule has 0 aromatic heterocycles. The fraction of sp³-hybridized carbons (Fsp3) is 0.440. The molecule has 0 bridgehead atoms. The fourth-order valence-electron chi connectivity index (χ4n) is 4.02. The Morgan fingerprint density at radius 2 is 1.73 bits per heavy atom. The number of likely N-dealkylation sites (N-methyl/N-ethyl adjacent to an activating group) is 3. The van der Waals surface area contributed by atoms with Crippen LogP contribution in [-0.4, -0.2) is 74.6 Å². The molecule has 33 heavy (non-hydrogen) atoms. The van der Waals surface area contributed by atoms with Crippen molar-refractivity contribution in [3.63, 3.8) is 0 Å². The molecule has 7 nitrogen and oxygen atoms in total. The Labute approximate surface area is 205 Å². The number of carbonyl (C=O) groups is 2. The van der Waals surface area contributed by atoms with Crippen molar-refractivity contribution < 1.29 is 9.59 Å². The number of halogens is 1. The zero-order chi connectivity index (χ0) is 24.0. The molecular formula is C25H34BrN5O2. The minimum Gasteiger partial charge on any atom is -0.370 e. The zero-order valence-corrected chi connectivity index (χ0v) is 21.5. The second kappa shape index (κ2) is 11.4. The van der Waals surface area contributed by atoms with E-state index in [0.29, 0.717) is 6.54 Å². The van der Waals surface area contributed by atoms with Gasteiger partial charge in [0.1, 0.15) is 0 Å². The highest BCUT2D eigenvalue weighted by Crippen LogP contribution is 2.24. The van der Waals surface area contributed by atoms with Gasteiger partial charge < -0.3 is 24.9 Å². The van der Waals surface area contributed by atoms with Crippen LogP contribution >= 0.6 is 15.9 Å². The minimum absolute atomic E-state index is 0.0999. The number of carbonyl (C=O) groups excluding carboxylic acids is 2. The van der Waals surface area contributed by atoms with Gasteiger partial charge in [0.25, 0.3) is 0 Å². The lowest BCUT2D eigenvalue weighted by Gasteiger charge is -2.26. The smallest absolute Gasteiger partial charge is 0.321 e. The maximum absolute atomic E-state index is 12.7. The second-order valence-corrected chi connectivity index (χ2v) is 9.39. The Bertz CT molecular complexity index is 935. The molecule has 1 saturated heterocycles. The van der Waals surface area contributed by atoms with Gasteiger partial charge in [-0.25, -0.2) is 4.79 Å². The van der Waals surface area contributed by atoms with Gasteiger partial charge in [0.15, 0.2) is 0 Å². The minimum atomic E-state index is -0.126. The largest absolute Gasteiger partial charge is 0.370 e. The molecule has 1 atom stereocenters. The fourth-order valence-corrected chi connectivity index (χ4v) is 4.28. The molecule has 1 aliphatic heterocycles. The second-order valence-electron chi connectivity index (χ2n) is 8.47. The van der Waals surface area contributed by atoms with E-state index < -0.39 is 0 Å². The highest BCUT2D eigenvalue weighted by Gasteiger charge is 2.27. The number of amides is 3.